The van der Waals surface area contributed by atoms with Crippen LogP contribution >= 0.6 is 11.3 Å². The van der Waals surface area contributed by atoms with E-state index in [4.69, 9.17) is 4.74 Å². The van der Waals surface area contributed by atoms with Crippen LogP contribution < -0.4 is 15.5 Å². The summed E-state index contributed by atoms with van der Waals surface area (Å²) in [7, 11) is 0. The number of amides is 2. The van der Waals surface area contributed by atoms with Crippen LogP contribution in [0.5, 0.6) is 5.75 Å². The van der Waals surface area contributed by atoms with Crippen molar-refractivity contribution in [1.29, 1.82) is 0 Å². The Kier molecular flexibility index (Phi) is 7.14. The van der Waals surface area contributed by atoms with E-state index in [2.05, 4.69) is 26.0 Å². The summed E-state index contributed by atoms with van der Waals surface area (Å²) in [4.78, 5) is 24.0. The minimum Gasteiger partial charge on any atom is -0.489 e. The first-order chi connectivity index (χ1) is 16.2. The van der Waals surface area contributed by atoms with Gasteiger partial charge in [-0.25, -0.2) is 5.43 Å². The SMILES string of the molecule is O=C(NN=Cc1ccc(OCc2ccccc2)cc1)C(=O)Nc1nnc(-c2ccccc2)s1. The van der Waals surface area contributed by atoms with E-state index in [-0.39, 0.29) is 5.13 Å². The van der Waals surface area contributed by atoms with E-state index >= 15 is 0 Å². The van der Waals surface area contributed by atoms with E-state index < -0.39 is 11.8 Å². The maximum atomic E-state index is 12.1. The van der Waals surface area contributed by atoms with Crippen LogP contribution in [0, 0.1) is 0 Å². The normalized spacial score (nSPS) is 10.7. The molecule has 2 amide bonds. The maximum absolute atomic E-state index is 12.1. The molecule has 0 unspecified atom stereocenters. The smallest absolute Gasteiger partial charge is 0.329 e. The van der Waals surface area contributed by atoms with Crippen molar-refractivity contribution in [2.45, 2.75) is 6.61 Å². The predicted molar refractivity (Wildman–Crippen MR) is 127 cm³/mol. The van der Waals surface area contributed by atoms with E-state index in [1.807, 2.05) is 60.7 Å². The number of anilines is 1. The molecule has 4 rings (SSSR count). The molecule has 0 atom stereocenters. The zero-order valence-electron chi connectivity index (χ0n) is 17.3. The highest BCUT2D eigenvalue weighted by Gasteiger charge is 2.16. The van der Waals surface area contributed by atoms with E-state index in [9.17, 15) is 9.59 Å². The molecule has 0 fully saturated rings. The molecule has 0 saturated heterocycles. The van der Waals surface area contributed by atoms with E-state index in [1.54, 1.807) is 24.3 Å². The molecule has 3 aromatic carbocycles. The van der Waals surface area contributed by atoms with Gasteiger partial charge in [0, 0.05) is 5.56 Å². The Morgan fingerprint density at radius 1 is 0.879 bits per heavy atom. The molecule has 0 saturated carbocycles. The number of benzene rings is 3. The first-order valence-corrected chi connectivity index (χ1v) is 10.8. The molecule has 9 heteroatoms. The lowest BCUT2D eigenvalue weighted by Gasteiger charge is -2.06. The number of ether oxygens (including phenoxy) is 1. The molecule has 164 valence electrons. The third-order valence-electron chi connectivity index (χ3n) is 4.38. The summed E-state index contributed by atoms with van der Waals surface area (Å²) in [5.74, 6) is -1.08. The second kappa shape index (κ2) is 10.8. The van der Waals surface area contributed by atoms with Crippen molar-refractivity contribution in [3.8, 4) is 16.3 Å². The molecule has 0 aliphatic heterocycles. The summed E-state index contributed by atoms with van der Waals surface area (Å²) in [5, 5.41) is 15.0. The molecule has 1 aromatic heterocycles. The van der Waals surface area contributed by atoms with Crippen LogP contribution in [-0.4, -0.2) is 28.2 Å². The van der Waals surface area contributed by atoms with Gasteiger partial charge >= 0.3 is 11.8 Å². The lowest BCUT2D eigenvalue weighted by Crippen LogP contribution is -2.32. The molecular weight excluding hydrogens is 438 g/mol. The second-order valence-corrected chi connectivity index (χ2v) is 7.75. The van der Waals surface area contributed by atoms with Gasteiger partial charge in [0.1, 0.15) is 17.4 Å². The van der Waals surface area contributed by atoms with Crippen LogP contribution in [0.1, 0.15) is 11.1 Å². The van der Waals surface area contributed by atoms with Crippen molar-refractivity contribution in [2.75, 3.05) is 5.32 Å². The van der Waals surface area contributed by atoms with Crippen molar-refractivity contribution in [3.63, 3.8) is 0 Å². The zero-order valence-corrected chi connectivity index (χ0v) is 18.2. The van der Waals surface area contributed by atoms with Crippen LogP contribution in [0.3, 0.4) is 0 Å². The van der Waals surface area contributed by atoms with Crippen molar-refractivity contribution >= 4 is 34.5 Å². The fourth-order valence-corrected chi connectivity index (χ4v) is 3.48. The van der Waals surface area contributed by atoms with E-state index in [0.717, 1.165) is 16.7 Å². The van der Waals surface area contributed by atoms with Crippen LogP contribution in [0.25, 0.3) is 10.6 Å². The van der Waals surface area contributed by atoms with Crippen molar-refractivity contribution in [3.05, 3.63) is 96.1 Å². The number of nitrogens with zero attached hydrogens (tertiary/aromatic N) is 3. The van der Waals surface area contributed by atoms with Gasteiger partial charge in [0.05, 0.1) is 6.21 Å². The van der Waals surface area contributed by atoms with Crippen LogP contribution in [0.2, 0.25) is 0 Å². The highest BCUT2D eigenvalue weighted by atomic mass is 32.1. The van der Waals surface area contributed by atoms with Crippen LogP contribution in [0.4, 0.5) is 5.13 Å². The number of aromatic nitrogens is 2. The summed E-state index contributed by atoms with van der Waals surface area (Å²) >= 11 is 1.17. The average molecular weight is 458 g/mol. The minimum atomic E-state index is -0.912. The number of hydrazone groups is 1. The van der Waals surface area contributed by atoms with Gasteiger partial charge in [-0.3, -0.25) is 14.9 Å². The number of carbonyl (C=O) groups excluding carboxylic acids is 2. The molecule has 1 heterocycles. The van der Waals surface area contributed by atoms with Gasteiger partial charge in [-0.1, -0.05) is 72.0 Å². The Hall–Kier alpha value is -4.37. The standard InChI is InChI=1S/C24H19N5O3S/c30-21(26-24-29-28-23(33-24)19-9-5-2-6-10-19)22(31)27-25-15-17-11-13-20(14-12-17)32-16-18-7-3-1-4-8-18/h1-15H,16H2,(H,27,31)(H,26,29,30). The van der Waals surface area contributed by atoms with Crippen LogP contribution in [-0.2, 0) is 16.2 Å². The largest absolute Gasteiger partial charge is 0.489 e. The molecule has 33 heavy (non-hydrogen) atoms. The molecule has 0 spiro atoms. The van der Waals surface area contributed by atoms with Gasteiger partial charge < -0.3 is 4.74 Å². The van der Waals surface area contributed by atoms with Gasteiger partial charge in [0.15, 0.2) is 0 Å². The minimum absolute atomic E-state index is 0.226. The summed E-state index contributed by atoms with van der Waals surface area (Å²) in [5.41, 5.74) is 4.88. The van der Waals surface area contributed by atoms with Crippen molar-refractivity contribution < 1.29 is 14.3 Å². The highest BCUT2D eigenvalue weighted by Crippen LogP contribution is 2.25. The Morgan fingerprint density at radius 3 is 2.30 bits per heavy atom. The first-order valence-electron chi connectivity index (χ1n) is 9.97. The summed E-state index contributed by atoms with van der Waals surface area (Å²) in [6.45, 7) is 0.473. The van der Waals surface area contributed by atoms with Crippen molar-refractivity contribution in [2.24, 2.45) is 5.10 Å². The molecular formula is C24H19N5O3S. The fourth-order valence-electron chi connectivity index (χ4n) is 2.73. The molecule has 4 aromatic rings. The maximum Gasteiger partial charge on any atom is 0.329 e. The number of rotatable bonds is 7. The number of hydrogen-bond donors (Lipinski definition) is 2. The van der Waals surface area contributed by atoms with Gasteiger partial charge in [0.25, 0.3) is 0 Å². The van der Waals surface area contributed by atoms with Crippen molar-refractivity contribution in [1.82, 2.24) is 15.6 Å². The lowest BCUT2D eigenvalue weighted by atomic mass is 10.2. The topological polar surface area (TPSA) is 106 Å². The summed E-state index contributed by atoms with van der Waals surface area (Å²) < 4.78 is 5.73. The Balaban J connectivity index is 1.24. The monoisotopic (exact) mass is 457 g/mol. The van der Waals surface area contributed by atoms with Gasteiger partial charge in [0.2, 0.25) is 5.13 Å². The highest BCUT2D eigenvalue weighted by molar-refractivity contribution is 7.18. The Bertz CT molecular complexity index is 1240. The Morgan fingerprint density at radius 2 is 1.58 bits per heavy atom. The molecule has 0 bridgehead atoms. The number of hydrogen-bond acceptors (Lipinski definition) is 7. The zero-order chi connectivity index (χ0) is 22.9. The predicted octanol–water partition coefficient (Wildman–Crippen LogP) is 3.87. The molecule has 0 aliphatic carbocycles. The molecule has 2 N–H and O–H groups in total. The molecule has 0 aliphatic rings. The lowest BCUT2D eigenvalue weighted by molar-refractivity contribution is -0.136. The third-order valence-corrected chi connectivity index (χ3v) is 5.27. The summed E-state index contributed by atoms with van der Waals surface area (Å²) in [6.07, 6.45) is 1.44. The van der Waals surface area contributed by atoms with Crippen LogP contribution in [0.15, 0.2) is 90.0 Å². The third kappa shape index (κ3) is 6.31. The molecule has 0 radical (unpaired) electrons. The quantitative estimate of drug-likeness (QED) is 0.249. The number of nitrogens with one attached hydrogen (secondary N) is 2. The molecule has 8 nitrogen and oxygen atoms in total. The Labute approximate surface area is 194 Å². The fraction of sp³-hybridized carbons (Fsp3) is 0.0417. The first kappa shape index (κ1) is 21.8. The van der Waals surface area contributed by atoms with E-state index in [0.29, 0.717) is 17.4 Å². The second-order valence-electron chi connectivity index (χ2n) is 6.77. The number of carbonyl (C=O) groups is 2. The van der Waals surface area contributed by atoms with Gasteiger partial charge in [-0.15, -0.1) is 10.2 Å². The summed E-state index contributed by atoms with van der Waals surface area (Å²) in [6, 6.07) is 26.5. The van der Waals surface area contributed by atoms with Gasteiger partial charge in [-0.2, -0.15) is 5.10 Å². The van der Waals surface area contributed by atoms with Gasteiger partial charge in [-0.05, 0) is 35.4 Å². The average Bonchev–Trinajstić information content (AvgIpc) is 3.33. The van der Waals surface area contributed by atoms with E-state index in [1.165, 1.54) is 17.6 Å².